The van der Waals surface area contributed by atoms with Crippen LogP contribution in [0.1, 0.15) is 5.56 Å². The highest BCUT2D eigenvalue weighted by Gasteiger charge is 2.15. The van der Waals surface area contributed by atoms with Gasteiger partial charge in [-0.2, -0.15) is 0 Å². The summed E-state index contributed by atoms with van der Waals surface area (Å²) in [5, 5.41) is 0. The molecule has 3 rings (SSSR count). The van der Waals surface area contributed by atoms with Gasteiger partial charge < -0.3 is 4.74 Å². The predicted molar refractivity (Wildman–Crippen MR) is 98.2 cm³/mol. The third-order valence-corrected chi connectivity index (χ3v) is 5.12. The molecular weight excluding hydrogens is 355 g/mol. The third kappa shape index (κ3) is 4.00. The summed E-state index contributed by atoms with van der Waals surface area (Å²) in [6, 6.07) is 14.2. The SMILES string of the molecule is COc1ccc(S(=O)(=O)Nc2cc(C)cc(-c3ccc(F)cn3)c2)cc1. The van der Waals surface area contributed by atoms with Crippen molar-refractivity contribution < 1.29 is 17.5 Å². The molecule has 0 saturated heterocycles. The normalized spacial score (nSPS) is 11.2. The Bertz CT molecular complexity index is 1020. The van der Waals surface area contributed by atoms with Gasteiger partial charge in [0.25, 0.3) is 10.0 Å². The summed E-state index contributed by atoms with van der Waals surface area (Å²) in [6.45, 7) is 1.85. The van der Waals surface area contributed by atoms with Crippen molar-refractivity contribution in [2.75, 3.05) is 11.8 Å². The Morgan fingerprint density at radius 3 is 2.38 bits per heavy atom. The van der Waals surface area contributed by atoms with Gasteiger partial charge in [-0.1, -0.05) is 0 Å². The maximum atomic E-state index is 13.1. The lowest BCUT2D eigenvalue weighted by Crippen LogP contribution is -2.13. The first-order chi connectivity index (χ1) is 12.4. The van der Waals surface area contributed by atoms with E-state index in [0.717, 1.165) is 11.8 Å². The van der Waals surface area contributed by atoms with Crippen LogP contribution in [-0.2, 0) is 10.0 Å². The highest BCUT2D eigenvalue weighted by atomic mass is 32.2. The van der Waals surface area contributed by atoms with Gasteiger partial charge in [0, 0.05) is 11.3 Å². The van der Waals surface area contributed by atoms with Gasteiger partial charge in [0.1, 0.15) is 11.6 Å². The van der Waals surface area contributed by atoms with Crippen LogP contribution in [0.4, 0.5) is 10.1 Å². The van der Waals surface area contributed by atoms with E-state index in [2.05, 4.69) is 9.71 Å². The minimum absolute atomic E-state index is 0.126. The first kappa shape index (κ1) is 17.9. The number of hydrogen-bond donors (Lipinski definition) is 1. The lowest BCUT2D eigenvalue weighted by molar-refractivity contribution is 0.414. The summed E-state index contributed by atoms with van der Waals surface area (Å²) in [6.07, 6.45) is 1.12. The number of benzene rings is 2. The number of hydrogen-bond acceptors (Lipinski definition) is 4. The van der Waals surface area contributed by atoms with Crippen LogP contribution in [0.2, 0.25) is 0 Å². The molecule has 0 radical (unpaired) electrons. The van der Waals surface area contributed by atoms with Gasteiger partial charge >= 0.3 is 0 Å². The lowest BCUT2D eigenvalue weighted by atomic mass is 10.1. The van der Waals surface area contributed by atoms with E-state index in [1.807, 2.05) is 13.0 Å². The van der Waals surface area contributed by atoms with Gasteiger partial charge in [-0.05, 0) is 67.1 Å². The number of nitrogens with zero attached hydrogens (tertiary/aromatic N) is 1. The van der Waals surface area contributed by atoms with E-state index in [9.17, 15) is 12.8 Å². The second-order valence-electron chi connectivity index (χ2n) is 5.73. The Balaban J connectivity index is 1.92. The number of pyridine rings is 1. The molecule has 0 amide bonds. The van der Waals surface area contributed by atoms with Gasteiger partial charge in [0.05, 0.1) is 23.9 Å². The second-order valence-corrected chi connectivity index (χ2v) is 7.41. The van der Waals surface area contributed by atoms with E-state index in [4.69, 9.17) is 4.74 Å². The summed E-state index contributed by atoms with van der Waals surface area (Å²) < 4.78 is 45.8. The van der Waals surface area contributed by atoms with E-state index in [-0.39, 0.29) is 4.90 Å². The van der Waals surface area contributed by atoms with E-state index in [0.29, 0.717) is 22.7 Å². The van der Waals surface area contributed by atoms with Crippen LogP contribution in [0.25, 0.3) is 11.3 Å². The van der Waals surface area contributed by atoms with Crippen LogP contribution in [0.15, 0.2) is 65.7 Å². The number of rotatable bonds is 5. The minimum Gasteiger partial charge on any atom is -0.497 e. The smallest absolute Gasteiger partial charge is 0.261 e. The molecule has 0 bridgehead atoms. The van der Waals surface area contributed by atoms with Gasteiger partial charge in [-0.25, -0.2) is 12.8 Å². The number of anilines is 1. The summed E-state index contributed by atoms with van der Waals surface area (Å²) in [7, 11) is -2.23. The summed E-state index contributed by atoms with van der Waals surface area (Å²) in [4.78, 5) is 4.16. The third-order valence-electron chi connectivity index (χ3n) is 3.72. The van der Waals surface area contributed by atoms with Crippen molar-refractivity contribution in [3.05, 3.63) is 72.2 Å². The van der Waals surface area contributed by atoms with E-state index in [1.54, 1.807) is 30.3 Å². The van der Waals surface area contributed by atoms with Crippen LogP contribution in [0, 0.1) is 12.7 Å². The fourth-order valence-electron chi connectivity index (χ4n) is 2.51. The maximum absolute atomic E-state index is 13.1. The molecule has 1 aromatic heterocycles. The number of nitrogens with one attached hydrogen (secondary N) is 1. The zero-order valence-electron chi connectivity index (χ0n) is 14.2. The van der Waals surface area contributed by atoms with Crippen molar-refractivity contribution in [3.63, 3.8) is 0 Å². The molecule has 7 heteroatoms. The number of aromatic nitrogens is 1. The molecule has 0 atom stereocenters. The summed E-state index contributed by atoms with van der Waals surface area (Å²) >= 11 is 0. The van der Waals surface area contributed by atoms with Gasteiger partial charge in [0.2, 0.25) is 0 Å². The molecule has 26 heavy (non-hydrogen) atoms. The number of sulfonamides is 1. The fourth-order valence-corrected chi connectivity index (χ4v) is 3.55. The van der Waals surface area contributed by atoms with E-state index >= 15 is 0 Å². The molecule has 134 valence electrons. The molecule has 3 aromatic rings. The first-order valence-electron chi connectivity index (χ1n) is 7.78. The topological polar surface area (TPSA) is 68.3 Å². The predicted octanol–water partition coefficient (Wildman–Crippen LogP) is 4.01. The summed E-state index contributed by atoms with van der Waals surface area (Å²) in [5.41, 5.74) is 2.50. The molecule has 0 aliphatic rings. The molecule has 0 unspecified atom stereocenters. The Labute approximate surface area is 151 Å². The molecule has 0 saturated carbocycles. The minimum atomic E-state index is -3.75. The van der Waals surface area contributed by atoms with Crippen LogP contribution in [0.3, 0.4) is 0 Å². The fraction of sp³-hybridized carbons (Fsp3) is 0.105. The number of methoxy groups -OCH3 is 1. The van der Waals surface area contributed by atoms with E-state index in [1.165, 1.54) is 25.3 Å². The van der Waals surface area contributed by atoms with Crippen molar-refractivity contribution in [1.29, 1.82) is 0 Å². The number of aryl methyl sites for hydroxylation is 1. The Hall–Kier alpha value is -2.93. The van der Waals surface area contributed by atoms with Crippen molar-refractivity contribution in [2.24, 2.45) is 0 Å². The van der Waals surface area contributed by atoms with Gasteiger partial charge in [-0.15, -0.1) is 0 Å². The van der Waals surface area contributed by atoms with Crippen molar-refractivity contribution in [2.45, 2.75) is 11.8 Å². The Kier molecular flexibility index (Phi) is 4.90. The molecule has 0 fully saturated rings. The zero-order chi connectivity index (χ0) is 18.7. The molecule has 0 spiro atoms. The summed E-state index contributed by atoms with van der Waals surface area (Å²) in [5.74, 6) is 0.144. The molecule has 0 aliphatic heterocycles. The largest absolute Gasteiger partial charge is 0.497 e. The zero-order valence-corrected chi connectivity index (χ0v) is 15.0. The van der Waals surface area contributed by atoms with Crippen LogP contribution >= 0.6 is 0 Å². The lowest BCUT2D eigenvalue weighted by Gasteiger charge is -2.11. The molecule has 1 N–H and O–H groups in total. The molecular formula is C19H17FN2O3S. The Morgan fingerprint density at radius 2 is 1.77 bits per heavy atom. The van der Waals surface area contributed by atoms with E-state index < -0.39 is 15.8 Å². The van der Waals surface area contributed by atoms with Crippen LogP contribution in [-0.4, -0.2) is 20.5 Å². The van der Waals surface area contributed by atoms with Gasteiger partial charge in [0.15, 0.2) is 0 Å². The monoisotopic (exact) mass is 372 g/mol. The van der Waals surface area contributed by atoms with Crippen molar-refractivity contribution in [1.82, 2.24) is 4.98 Å². The molecule has 5 nitrogen and oxygen atoms in total. The second kappa shape index (κ2) is 7.13. The maximum Gasteiger partial charge on any atom is 0.261 e. The standard InChI is InChI=1S/C19H17FN2O3S/c1-13-9-14(19-8-3-15(20)12-21-19)11-16(10-13)22-26(23,24)18-6-4-17(25-2)5-7-18/h3-12,22H,1-2H3. The molecule has 2 aromatic carbocycles. The number of halogens is 1. The average molecular weight is 372 g/mol. The van der Waals surface area contributed by atoms with Crippen molar-refractivity contribution in [3.8, 4) is 17.0 Å². The quantitative estimate of drug-likeness (QED) is 0.735. The Morgan fingerprint density at radius 1 is 1.04 bits per heavy atom. The molecule has 1 heterocycles. The highest BCUT2D eigenvalue weighted by Crippen LogP contribution is 2.25. The molecule has 0 aliphatic carbocycles. The number of ether oxygens (including phenoxy) is 1. The van der Waals surface area contributed by atoms with Gasteiger partial charge in [-0.3, -0.25) is 9.71 Å². The van der Waals surface area contributed by atoms with Crippen LogP contribution < -0.4 is 9.46 Å². The first-order valence-corrected chi connectivity index (χ1v) is 9.26. The average Bonchev–Trinajstić information content (AvgIpc) is 2.61. The van der Waals surface area contributed by atoms with Crippen molar-refractivity contribution >= 4 is 15.7 Å². The highest BCUT2D eigenvalue weighted by molar-refractivity contribution is 7.92. The van der Waals surface area contributed by atoms with Crippen LogP contribution in [0.5, 0.6) is 5.75 Å².